The number of carbonyl (C=O) groups is 1. The van der Waals surface area contributed by atoms with Gasteiger partial charge in [0.15, 0.2) is 0 Å². The largest absolute Gasteiger partial charge is 0.398 e. The summed E-state index contributed by atoms with van der Waals surface area (Å²) in [6.07, 6.45) is 1.62. The van der Waals surface area contributed by atoms with Gasteiger partial charge < -0.3 is 5.73 Å². The number of ketones is 1. The maximum absolute atomic E-state index is 10.1. The molecular formula is C15H19BrN2OS. The number of Topliss-reactive ketones (excluding diaryl/α,β-unsaturated/α-hetero) is 1. The highest BCUT2D eigenvalue weighted by Crippen LogP contribution is 2.28. The lowest BCUT2D eigenvalue weighted by atomic mass is 10.2. The molecule has 20 heavy (non-hydrogen) atoms. The Bertz CT molecular complexity index is 548. The van der Waals surface area contributed by atoms with Crippen molar-refractivity contribution in [3.63, 3.8) is 0 Å². The van der Waals surface area contributed by atoms with Crippen LogP contribution < -0.4 is 5.73 Å². The van der Waals surface area contributed by atoms with E-state index in [1.54, 1.807) is 11.3 Å². The van der Waals surface area contributed by atoms with Crippen LogP contribution in [0.3, 0.4) is 0 Å². The molecule has 0 bridgehead atoms. The Labute approximate surface area is 132 Å². The number of nitrogens with two attached hydrogens (primary N) is 1. The first kappa shape index (κ1) is 16.9. The third kappa shape index (κ3) is 5.06. The highest BCUT2D eigenvalue weighted by atomic mass is 79.9. The van der Waals surface area contributed by atoms with E-state index in [0.29, 0.717) is 11.8 Å². The van der Waals surface area contributed by atoms with Crippen LogP contribution in [0.4, 0.5) is 5.69 Å². The number of thiazole rings is 1. The van der Waals surface area contributed by atoms with Gasteiger partial charge in [-0.1, -0.05) is 41.9 Å². The summed E-state index contributed by atoms with van der Waals surface area (Å²) in [6.45, 7) is 3.96. The van der Waals surface area contributed by atoms with E-state index < -0.39 is 0 Å². The maximum Gasteiger partial charge on any atom is 0.143 e. The lowest BCUT2D eigenvalue weighted by molar-refractivity contribution is -0.116. The summed E-state index contributed by atoms with van der Waals surface area (Å²) in [5.41, 5.74) is 8.84. The van der Waals surface area contributed by atoms with Crippen molar-refractivity contribution in [3.05, 3.63) is 35.3 Å². The smallest absolute Gasteiger partial charge is 0.143 e. The van der Waals surface area contributed by atoms with Crippen molar-refractivity contribution in [2.45, 2.75) is 26.7 Å². The quantitative estimate of drug-likeness (QED) is 0.657. The predicted molar refractivity (Wildman–Crippen MR) is 90.4 cm³/mol. The van der Waals surface area contributed by atoms with Gasteiger partial charge in [0.2, 0.25) is 0 Å². The zero-order chi connectivity index (χ0) is 15.0. The molecule has 1 aromatic carbocycles. The second-order valence-electron chi connectivity index (χ2n) is 4.11. The molecule has 0 amide bonds. The van der Waals surface area contributed by atoms with E-state index in [2.05, 4.69) is 33.2 Å². The fourth-order valence-electron chi connectivity index (χ4n) is 1.38. The molecule has 0 atom stereocenters. The Morgan fingerprint density at radius 1 is 1.35 bits per heavy atom. The van der Waals surface area contributed by atoms with Gasteiger partial charge in [-0.2, -0.15) is 0 Å². The van der Waals surface area contributed by atoms with Crippen LogP contribution in [0.15, 0.2) is 29.6 Å². The summed E-state index contributed by atoms with van der Waals surface area (Å²) in [7, 11) is 0. The summed E-state index contributed by atoms with van der Waals surface area (Å²) in [4.78, 5) is 14.6. The van der Waals surface area contributed by atoms with Crippen LogP contribution in [-0.4, -0.2) is 16.1 Å². The number of hydrogen-bond donors (Lipinski definition) is 1. The topological polar surface area (TPSA) is 56.0 Å². The number of alkyl halides is 1. The summed E-state index contributed by atoms with van der Waals surface area (Å²) in [6, 6.07) is 7.84. The number of halogens is 1. The van der Waals surface area contributed by atoms with Gasteiger partial charge in [0, 0.05) is 23.1 Å². The molecule has 0 aliphatic rings. The summed E-state index contributed by atoms with van der Waals surface area (Å²) in [5, 5.41) is 3.60. The lowest BCUT2D eigenvalue weighted by Crippen LogP contribution is -1.92. The van der Waals surface area contributed by atoms with Gasteiger partial charge in [0.05, 0.1) is 11.0 Å². The third-order valence-corrected chi connectivity index (χ3v) is 4.20. The average molecular weight is 355 g/mol. The SMILES string of the molecule is CCC(=O)CBr.CCc1csc(-c2ccccc2N)n1. The normalized spacial score (nSPS) is 9.75. The van der Waals surface area contributed by atoms with E-state index in [1.807, 2.05) is 31.2 Å². The number of nitrogen functional groups attached to an aromatic ring is 1. The molecule has 1 heterocycles. The second kappa shape index (κ2) is 8.87. The highest BCUT2D eigenvalue weighted by Gasteiger charge is 2.05. The maximum atomic E-state index is 10.1. The molecule has 0 unspecified atom stereocenters. The van der Waals surface area contributed by atoms with Crippen LogP contribution in [0.5, 0.6) is 0 Å². The predicted octanol–water partition coefficient (Wildman–Crippen LogP) is 4.32. The fourth-order valence-corrected chi connectivity index (χ4v) is 2.73. The molecule has 2 aromatic rings. The van der Waals surface area contributed by atoms with Crippen molar-refractivity contribution >= 4 is 38.7 Å². The zero-order valence-corrected chi connectivity index (χ0v) is 14.1. The number of aromatic nitrogens is 1. The number of anilines is 1. The zero-order valence-electron chi connectivity index (χ0n) is 11.7. The Kier molecular flexibility index (Phi) is 7.47. The number of hydrogen-bond acceptors (Lipinski definition) is 4. The molecule has 1 aromatic heterocycles. The number of nitrogens with zero attached hydrogens (tertiary/aromatic N) is 1. The average Bonchev–Trinajstić information content (AvgIpc) is 2.96. The minimum Gasteiger partial charge on any atom is -0.398 e. The van der Waals surface area contributed by atoms with Gasteiger partial charge in [-0.25, -0.2) is 4.98 Å². The first-order chi connectivity index (χ1) is 9.62. The van der Waals surface area contributed by atoms with Gasteiger partial charge in [-0.15, -0.1) is 11.3 Å². The van der Waals surface area contributed by atoms with Crippen LogP contribution in [0.2, 0.25) is 0 Å². The number of rotatable bonds is 4. The van der Waals surface area contributed by atoms with Crippen molar-refractivity contribution in [2.75, 3.05) is 11.1 Å². The molecule has 0 aliphatic carbocycles. The molecule has 0 aliphatic heterocycles. The molecule has 2 rings (SSSR count). The van der Waals surface area contributed by atoms with Gasteiger partial charge in [-0.3, -0.25) is 4.79 Å². The van der Waals surface area contributed by atoms with E-state index in [-0.39, 0.29) is 5.78 Å². The van der Waals surface area contributed by atoms with Gasteiger partial charge >= 0.3 is 0 Å². The molecule has 108 valence electrons. The molecule has 0 spiro atoms. The van der Waals surface area contributed by atoms with Crippen LogP contribution in [0.1, 0.15) is 26.0 Å². The van der Waals surface area contributed by atoms with Crippen LogP contribution >= 0.6 is 27.3 Å². The minimum absolute atomic E-state index is 0.259. The molecule has 3 nitrogen and oxygen atoms in total. The summed E-state index contributed by atoms with van der Waals surface area (Å²) in [5.74, 6) is 0.259. The van der Waals surface area contributed by atoms with E-state index in [4.69, 9.17) is 5.73 Å². The van der Waals surface area contributed by atoms with Crippen LogP contribution in [0.25, 0.3) is 10.6 Å². The minimum atomic E-state index is 0.259. The van der Waals surface area contributed by atoms with Crippen molar-refractivity contribution in [1.82, 2.24) is 4.98 Å². The number of para-hydroxylation sites is 1. The lowest BCUT2D eigenvalue weighted by Gasteiger charge is -1.99. The van der Waals surface area contributed by atoms with Gasteiger partial charge in [-0.05, 0) is 18.6 Å². The van der Waals surface area contributed by atoms with Gasteiger partial charge in [0.25, 0.3) is 0 Å². The molecule has 0 radical (unpaired) electrons. The Balaban J connectivity index is 0.000000286. The Morgan fingerprint density at radius 2 is 2.05 bits per heavy atom. The molecule has 0 saturated carbocycles. The van der Waals surface area contributed by atoms with E-state index in [0.717, 1.165) is 28.4 Å². The molecular weight excluding hydrogens is 336 g/mol. The summed E-state index contributed by atoms with van der Waals surface area (Å²) < 4.78 is 0. The first-order valence-corrected chi connectivity index (χ1v) is 8.49. The van der Waals surface area contributed by atoms with Crippen molar-refractivity contribution < 1.29 is 4.79 Å². The highest BCUT2D eigenvalue weighted by molar-refractivity contribution is 9.09. The Hall–Kier alpha value is -1.20. The van der Waals surface area contributed by atoms with Crippen molar-refractivity contribution in [1.29, 1.82) is 0 Å². The van der Waals surface area contributed by atoms with Crippen LogP contribution in [0, 0.1) is 0 Å². The molecule has 2 N–H and O–H groups in total. The van der Waals surface area contributed by atoms with Gasteiger partial charge in [0.1, 0.15) is 10.8 Å². The second-order valence-corrected chi connectivity index (χ2v) is 5.53. The standard InChI is InChI=1S/C11H12N2S.C4H7BrO/c1-2-8-7-14-11(13-8)9-5-3-4-6-10(9)12;1-2-4(6)3-5/h3-7H,2,12H2,1H3;2-3H2,1H3. The fraction of sp³-hybridized carbons (Fsp3) is 0.333. The number of aryl methyl sites for hydroxylation is 1. The monoisotopic (exact) mass is 354 g/mol. The number of benzene rings is 1. The number of carbonyl (C=O) groups excluding carboxylic acids is 1. The van der Waals surface area contributed by atoms with E-state index in [9.17, 15) is 4.79 Å². The Morgan fingerprint density at radius 3 is 2.50 bits per heavy atom. The van der Waals surface area contributed by atoms with E-state index >= 15 is 0 Å². The third-order valence-electron chi connectivity index (χ3n) is 2.65. The first-order valence-electron chi connectivity index (χ1n) is 6.49. The van der Waals surface area contributed by atoms with Crippen LogP contribution in [-0.2, 0) is 11.2 Å². The summed E-state index contributed by atoms with van der Waals surface area (Å²) >= 11 is 4.68. The van der Waals surface area contributed by atoms with E-state index in [1.165, 1.54) is 0 Å². The van der Waals surface area contributed by atoms with Crippen molar-refractivity contribution in [2.24, 2.45) is 0 Å². The van der Waals surface area contributed by atoms with Crippen molar-refractivity contribution in [3.8, 4) is 10.6 Å². The molecule has 5 heteroatoms. The molecule has 0 fully saturated rings. The molecule has 0 saturated heterocycles.